The van der Waals surface area contributed by atoms with Gasteiger partial charge in [-0.15, -0.1) is 0 Å². The molecular weight excluding hydrogens is 257 g/mol. The topological polar surface area (TPSA) is 49.3 Å². The van der Waals surface area contributed by atoms with Crippen molar-refractivity contribution in [1.29, 1.82) is 0 Å². The summed E-state index contributed by atoms with van der Waals surface area (Å²) in [5, 5.41) is 12.3. The Balaban J connectivity index is 2.61. The number of carbonyl (C=O) groups excluding carboxylic acids is 1. The molecule has 0 saturated carbocycles. The molecule has 0 saturated heterocycles. The first kappa shape index (κ1) is 16.6. The van der Waals surface area contributed by atoms with Crippen LogP contribution in [0.5, 0.6) is 0 Å². The fraction of sp³-hybridized carbons (Fsp3) is 0.562. The molecule has 2 atom stereocenters. The minimum absolute atomic E-state index is 0.196. The summed E-state index contributed by atoms with van der Waals surface area (Å²) >= 11 is 0. The highest BCUT2D eigenvalue weighted by atomic mass is 19.1. The van der Waals surface area contributed by atoms with Gasteiger partial charge in [0, 0.05) is 6.54 Å². The lowest BCUT2D eigenvalue weighted by Gasteiger charge is -2.27. The molecule has 0 aliphatic carbocycles. The van der Waals surface area contributed by atoms with Gasteiger partial charge in [0.05, 0.1) is 12.0 Å². The second-order valence-corrected chi connectivity index (χ2v) is 6.18. The van der Waals surface area contributed by atoms with Crippen molar-refractivity contribution in [3.8, 4) is 0 Å². The Morgan fingerprint density at radius 1 is 1.35 bits per heavy atom. The second kappa shape index (κ2) is 6.84. The molecular formula is C16H24FNO2. The summed E-state index contributed by atoms with van der Waals surface area (Å²) in [5.74, 6) is -1.09. The lowest BCUT2D eigenvalue weighted by atomic mass is 9.86. The molecule has 0 bridgehead atoms. The van der Waals surface area contributed by atoms with E-state index in [0.29, 0.717) is 18.5 Å². The van der Waals surface area contributed by atoms with Gasteiger partial charge in [0.2, 0.25) is 5.91 Å². The van der Waals surface area contributed by atoms with Crippen LogP contribution in [-0.2, 0) is 4.79 Å². The Morgan fingerprint density at radius 2 is 1.95 bits per heavy atom. The Labute approximate surface area is 120 Å². The van der Waals surface area contributed by atoms with Crippen LogP contribution in [-0.4, -0.2) is 23.7 Å². The molecule has 3 nitrogen and oxygen atoms in total. The fourth-order valence-corrected chi connectivity index (χ4v) is 2.32. The summed E-state index contributed by atoms with van der Waals surface area (Å²) in [7, 11) is 0. The normalized spacial score (nSPS) is 14.7. The zero-order valence-corrected chi connectivity index (χ0v) is 12.6. The smallest absolute Gasteiger partial charge is 0.227 e. The van der Waals surface area contributed by atoms with Crippen molar-refractivity contribution in [2.45, 2.75) is 46.1 Å². The molecule has 20 heavy (non-hydrogen) atoms. The minimum Gasteiger partial charge on any atom is -0.393 e. The van der Waals surface area contributed by atoms with Gasteiger partial charge in [-0.3, -0.25) is 4.79 Å². The number of amides is 1. The summed E-state index contributed by atoms with van der Waals surface area (Å²) < 4.78 is 13.6. The van der Waals surface area contributed by atoms with E-state index >= 15 is 0 Å². The van der Waals surface area contributed by atoms with E-state index in [1.54, 1.807) is 32.0 Å². The first-order chi connectivity index (χ1) is 9.23. The third kappa shape index (κ3) is 4.93. The molecule has 0 heterocycles. The summed E-state index contributed by atoms with van der Waals surface area (Å²) in [6, 6.07) is 6.31. The second-order valence-electron chi connectivity index (χ2n) is 6.18. The van der Waals surface area contributed by atoms with Crippen molar-refractivity contribution < 1.29 is 14.3 Å². The quantitative estimate of drug-likeness (QED) is 0.842. The number of benzene rings is 1. The van der Waals surface area contributed by atoms with Gasteiger partial charge in [-0.25, -0.2) is 4.39 Å². The number of hydrogen-bond donors (Lipinski definition) is 2. The molecule has 0 radical (unpaired) electrons. The van der Waals surface area contributed by atoms with E-state index in [0.717, 1.165) is 0 Å². The standard InChI is InChI=1S/C16H24FNO2/c1-11(19)9-16(3,4)10-18-15(20)12(2)13-7-5-6-8-14(13)17/h5-8,11-12,19H,9-10H2,1-4H3,(H,18,20). The van der Waals surface area contributed by atoms with Crippen LogP contribution in [0, 0.1) is 11.2 Å². The van der Waals surface area contributed by atoms with Gasteiger partial charge >= 0.3 is 0 Å². The van der Waals surface area contributed by atoms with E-state index in [-0.39, 0.29) is 17.1 Å². The lowest BCUT2D eigenvalue weighted by Crippen LogP contribution is -2.37. The molecule has 1 aromatic rings. The third-order valence-corrected chi connectivity index (χ3v) is 3.35. The van der Waals surface area contributed by atoms with Crippen LogP contribution in [0.1, 0.15) is 45.6 Å². The number of carbonyl (C=O) groups is 1. The molecule has 1 amide bonds. The molecule has 4 heteroatoms. The number of hydrogen-bond acceptors (Lipinski definition) is 2. The largest absolute Gasteiger partial charge is 0.393 e. The summed E-state index contributed by atoms with van der Waals surface area (Å²) in [6.45, 7) is 7.83. The number of nitrogens with one attached hydrogen (secondary N) is 1. The average Bonchev–Trinajstić information content (AvgIpc) is 2.34. The number of aliphatic hydroxyl groups excluding tert-OH is 1. The minimum atomic E-state index is -0.529. The van der Waals surface area contributed by atoms with Crippen LogP contribution < -0.4 is 5.32 Å². The third-order valence-electron chi connectivity index (χ3n) is 3.35. The van der Waals surface area contributed by atoms with E-state index in [9.17, 15) is 14.3 Å². The predicted octanol–water partition coefficient (Wildman–Crippen LogP) is 2.84. The monoisotopic (exact) mass is 281 g/mol. The predicted molar refractivity (Wildman–Crippen MR) is 77.9 cm³/mol. The summed E-state index contributed by atoms with van der Waals surface area (Å²) in [4.78, 5) is 12.1. The van der Waals surface area contributed by atoms with E-state index in [4.69, 9.17) is 0 Å². The van der Waals surface area contributed by atoms with Gasteiger partial charge in [0.15, 0.2) is 0 Å². The van der Waals surface area contributed by atoms with E-state index in [2.05, 4.69) is 5.32 Å². The van der Waals surface area contributed by atoms with Crippen molar-refractivity contribution in [3.05, 3.63) is 35.6 Å². The molecule has 2 N–H and O–H groups in total. The maximum atomic E-state index is 13.6. The van der Waals surface area contributed by atoms with Crippen molar-refractivity contribution >= 4 is 5.91 Å². The van der Waals surface area contributed by atoms with E-state index < -0.39 is 12.0 Å². The van der Waals surface area contributed by atoms with Crippen molar-refractivity contribution in [2.75, 3.05) is 6.54 Å². The number of rotatable bonds is 6. The zero-order valence-electron chi connectivity index (χ0n) is 12.6. The van der Waals surface area contributed by atoms with Gasteiger partial charge in [-0.05, 0) is 37.3 Å². The van der Waals surface area contributed by atoms with Crippen molar-refractivity contribution in [3.63, 3.8) is 0 Å². The fourth-order valence-electron chi connectivity index (χ4n) is 2.32. The molecule has 0 aromatic heterocycles. The van der Waals surface area contributed by atoms with Crippen LogP contribution in [0.2, 0.25) is 0 Å². The van der Waals surface area contributed by atoms with Crippen LogP contribution in [0.4, 0.5) is 4.39 Å². The lowest BCUT2D eigenvalue weighted by molar-refractivity contribution is -0.122. The van der Waals surface area contributed by atoms with Crippen LogP contribution >= 0.6 is 0 Å². The molecule has 0 aliphatic rings. The molecule has 112 valence electrons. The molecule has 1 aromatic carbocycles. The van der Waals surface area contributed by atoms with Gasteiger partial charge in [0.1, 0.15) is 5.82 Å². The van der Waals surface area contributed by atoms with Gasteiger partial charge in [-0.1, -0.05) is 32.0 Å². The van der Waals surface area contributed by atoms with Crippen LogP contribution in [0.25, 0.3) is 0 Å². The average molecular weight is 281 g/mol. The maximum absolute atomic E-state index is 13.6. The van der Waals surface area contributed by atoms with Crippen LogP contribution in [0.15, 0.2) is 24.3 Å². The molecule has 2 unspecified atom stereocenters. The van der Waals surface area contributed by atoms with Crippen molar-refractivity contribution in [1.82, 2.24) is 5.32 Å². The number of aliphatic hydroxyl groups is 1. The van der Waals surface area contributed by atoms with Crippen LogP contribution in [0.3, 0.4) is 0 Å². The summed E-state index contributed by atoms with van der Waals surface area (Å²) in [5.41, 5.74) is 0.206. The first-order valence-corrected chi connectivity index (χ1v) is 6.93. The Hall–Kier alpha value is -1.42. The highest BCUT2D eigenvalue weighted by Crippen LogP contribution is 2.23. The highest BCUT2D eigenvalue weighted by Gasteiger charge is 2.24. The van der Waals surface area contributed by atoms with E-state index in [1.807, 2.05) is 13.8 Å². The Morgan fingerprint density at radius 3 is 2.50 bits per heavy atom. The zero-order chi connectivity index (χ0) is 15.3. The maximum Gasteiger partial charge on any atom is 0.227 e. The molecule has 1 rings (SSSR count). The molecule has 0 aliphatic heterocycles. The van der Waals surface area contributed by atoms with E-state index in [1.165, 1.54) is 6.07 Å². The van der Waals surface area contributed by atoms with Gasteiger partial charge in [-0.2, -0.15) is 0 Å². The number of halogens is 1. The molecule has 0 spiro atoms. The summed E-state index contributed by atoms with van der Waals surface area (Å²) in [6.07, 6.45) is 0.187. The SMILES string of the molecule is CC(O)CC(C)(C)CNC(=O)C(C)c1ccccc1F. The first-order valence-electron chi connectivity index (χ1n) is 6.93. The Bertz CT molecular complexity index is 458. The Kier molecular flexibility index (Phi) is 5.69. The van der Waals surface area contributed by atoms with Gasteiger partial charge < -0.3 is 10.4 Å². The molecule has 0 fully saturated rings. The highest BCUT2D eigenvalue weighted by molar-refractivity contribution is 5.83. The van der Waals surface area contributed by atoms with Gasteiger partial charge in [0.25, 0.3) is 0 Å². The van der Waals surface area contributed by atoms with Crippen molar-refractivity contribution in [2.24, 2.45) is 5.41 Å².